The maximum atomic E-state index is 14.0. The SMILES string of the molecule is Cc1cccc(-c2nc(C(=O)NC(CO)c3ccc(OC(F)(F)F)c(F)c3)cc(=O)[nH]2)n1. The average Bonchev–Trinajstić information content (AvgIpc) is 2.72. The molecule has 32 heavy (non-hydrogen) atoms. The first-order valence-corrected chi connectivity index (χ1v) is 9.08. The Balaban J connectivity index is 1.84. The van der Waals surface area contributed by atoms with E-state index in [0.717, 1.165) is 18.2 Å². The third kappa shape index (κ3) is 5.66. The summed E-state index contributed by atoms with van der Waals surface area (Å²) in [6.07, 6.45) is -5.08. The van der Waals surface area contributed by atoms with Crippen molar-refractivity contribution in [1.29, 1.82) is 0 Å². The monoisotopic (exact) mass is 452 g/mol. The van der Waals surface area contributed by atoms with Crippen LogP contribution in [0.4, 0.5) is 17.6 Å². The Hall–Kier alpha value is -3.80. The topological polar surface area (TPSA) is 117 Å². The molecule has 2 aromatic heterocycles. The number of aryl methyl sites for hydroxylation is 1. The summed E-state index contributed by atoms with van der Waals surface area (Å²) in [7, 11) is 0. The summed E-state index contributed by atoms with van der Waals surface area (Å²) < 4.78 is 54.4. The minimum Gasteiger partial charge on any atom is -0.403 e. The number of alkyl halides is 3. The summed E-state index contributed by atoms with van der Waals surface area (Å²) >= 11 is 0. The number of ether oxygens (including phenoxy) is 1. The van der Waals surface area contributed by atoms with Crippen molar-refractivity contribution >= 4 is 5.91 Å². The summed E-state index contributed by atoms with van der Waals surface area (Å²) in [4.78, 5) is 35.3. The summed E-state index contributed by atoms with van der Waals surface area (Å²) in [5.74, 6) is -3.24. The highest BCUT2D eigenvalue weighted by Gasteiger charge is 2.32. The number of pyridine rings is 1. The zero-order valence-electron chi connectivity index (χ0n) is 16.4. The molecule has 0 fully saturated rings. The number of hydrogen-bond acceptors (Lipinski definition) is 6. The molecule has 3 rings (SSSR count). The minimum absolute atomic E-state index is 0.0294. The quantitative estimate of drug-likeness (QED) is 0.495. The lowest BCUT2D eigenvalue weighted by atomic mass is 10.1. The van der Waals surface area contributed by atoms with Gasteiger partial charge in [-0.25, -0.2) is 14.4 Å². The van der Waals surface area contributed by atoms with Crippen LogP contribution in [0.15, 0.2) is 47.3 Å². The van der Waals surface area contributed by atoms with Gasteiger partial charge in [-0.1, -0.05) is 12.1 Å². The Morgan fingerprint density at radius 2 is 1.97 bits per heavy atom. The van der Waals surface area contributed by atoms with Crippen LogP contribution in [0.25, 0.3) is 11.5 Å². The smallest absolute Gasteiger partial charge is 0.403 e. The maximum absolute atomic E-state index is 14.0. The second-order valence-electron chi connectivity index (χ2n) is 6.59. The number of amides is 1. The molecule has 0 radical (unpaired) electrons. The molecule has 0 saturated heterocycles. The summed E-state index contributed by atoms with van der Waals surface area (Å²) in [6.45, 7) is 1.02. The third-order valence-corrected chi connectivity index (χ3v) is 4.18. The normalized spacial score (nSPS) is 12.3. The van der Waals surface area contributed by atoms with Gasteiger partial charge in [0.25, 0.3) is 11.5 Å². The van der Waals surface area contributed by atoms with Gasteiger partial charge in [0.1, 0.15) is 11.4 Å². The fraction of sp³-hybridized carbons (Fsp3) is 0.200. The molecule has 2 heterocycles. The van der Waals surface area contributed by atoms with Crippen LogP contribution < -0.4 is 15.6 Å². The van der Waals surface area contributed by atoms with E-state index in [1.165, 1.54) is 0 Å². The van der Waals surface area contributed by atoms with Gasteiger partial charge in [0, 0.05) is 11.8 Å². The van der Waals surface area contributed by atoms with Crippen molar-refractivity contribution in [3.63, 3.8) is 0 Å². The van der Waals surface area contributed by atoms with E-state index in [2.05, 4.69) is 25.0 Å². The van der Waals surface area contributed by atoms with Gasteiger partial charge in [0.2, 0.25) is 0 Å². The van der Waals surface area contributed by atoms with E-state index in [1.807, 2.05) is 0 Å². The Labute approximate surface area is 177 Å². The second-order valence-corrected chi connectivity index (χ2v) is 6.59. The number of hydrogen-bond donors (Lipinski definition) is 3. The number of aromatic amines is 1. The van der Waals surface area contributed by atoms with Crippen LogP contribution in [-0.4, -0.2) is 38.9 Å². The van der Waals surface area contributed by atoms with Crippen molar-refractivity contribution in [3.8, 4) is 17.3 Å². The molecule has 1 aromatic carbocycles. The van der Waals surface area contributed by atoms with Gasteiger partial charge in [0.05, 0.1) is 12.6 Å². The number of benzene rings is 1. The van der Waals surface area contributed by atoms with E-state index in [0.29, 0.717) is 17.5 Å². The van der Waals surface area contributed by atoms with E-state index in [1.54, 1.807) is 25.1 Å². The molecule has 8 nitrogen and oxygen atoms in total. The Morgan fingerprint density at radius 1 is 1.22 bits per heavy atom. The van der Waals surface area contributed by atoms with Crippen LogP contribution in [0.5, 0.6) is 5.75 Å². The standard InChI is InChI=1S/C20H16F4N4O4/c1-10-3-2-4-13(25-10)18-26-14(8-17(30)28-18)19(31)27-15(9-29)11-5-6-16(12(21)7-11)32-20(22,23)24/h2-8,15,29H,9H2,1H3,(H,27,31)(H,26,28,30). The van der Waals surface area contributed by atoms with Gasteiger partial charge in [-0.05, 0) is 36.8 Å². The number of H-pyrrole nitrogens is 1. The van der Waals surface area contributed by atoms with Crippen LogP contribution in [-0.2, 0) is 0 Å². The molecule has 0 aliphatic heterocycles. The number of aliphatic hydroxyl groups excluding tert-OH is 1. The summed E-state index contributed by atoms with van der Waals surface area (Å²) in [6, 6.07) is 7.19. The van der Waals surface area contributed by atoms with Crippen LogP contribution in [0.3, 0.4) is 0 Å². The first-order chi connectivity index (χ1) is 15.1. The number of aliphatic hydroxyl groups is 1. The lowest BCUT2D eigenvalue weighted by Gasteiger charge is -2.18. The Morgan fingerprint density at radius 3 is 2.59 bits per heavy atom. The number of nitrogens with one attached hydrogen (secondary N) is 2. The lowest BCUT2D eigenvalue weighted by molar-refractivity contribution is -0.275. The molecule has 168 valence electrons. The highest BCUT2D eigenvalue weighted by Crippen LogP contribution is 2.27. The van der Waals surface area contributed by atoms with E-state index in [-0.39, 0.29) is 17.1 Å². The van der Waals surface area contributed by atoms with Crippen molar-refractivity contribution in [2.45, 2.75) is 19.3 Å². The predicted molar refractivity (Wildman–Crippen MR) is 103 cm³/mol. The van der Waals surface area contributed by atoms with Gasteiger partial charge in [-0.15, -0.1) is 13.2 Å². The van der Waals surface area contributed by atoms with Crippen molar-refractivity contribution in [2.24, 2.45) is 0 Å². The molecule has 1 atom stereocenters. The van der Waals surface area contributed by atoms with Crippen molar-refractivity contribution < 1.29 is 32.2 Å². The van der Waals surface area contributed by atoms with Crippen molar-refractivity contribution in [1.82, 2.24) is 20.3 Å². The van der Waals surface area contributed by atoms with Crippen LogP contribution in [0, 0.1) is 12.7 Å². The predicted octanol–water partition coefficient (Wildman–Crippen LogP) is 2.64. The highest BCUT2D eigenvalue weighted by molar-refractivity contribution is 5.92. The van der Waals surface area contributed by atoms with Crippen molar-refractivity contribution in [3.05, 3.63) is 75.6 Å². The zero-order valence-corrected chi connectivity index (χ0v) is 16.4. The fourth-order valence-electron chi connectivity index (χ4n) is 2.78. The fourth-order valence-corrected chi connectivity index (χ4v) is 2.78. The van der Waals surface area contributed by atoms with Crippen LogP contribution in [0.1, 0.15) is 27.8 Å². The number of aromatic nitrogens is 3. The molecule has 3 aromatic rings. The van der Waals surface area contributed by atoms with Crippen LogP contribution in [0.2, 0.25) is 0 Å². The Bertz CT molecular complexity index is 1200. The van der Waals surface area contributed by atoms with Gasteiger partial charge < -0.3 is 20.1 Å². The average molecular weight is 452 g/mol. The molecule has 3 N–H and O–H groups in total. The molecule has 1 unspecified atom stereocenters. The summed E-state index contributed by atoms with van der Waals surface area (Å²) in [5.41, 5.74) is 0.00287. The molecule has 0 saturated carbocycles. The number of halogens is 4. The Kier molecular flexibility index (Phi) is 6.53. The van der Waals surface area contributed by atoms with E-state index in [9.17, 15) is 32.3 Å². The minimum atomic E-state index is -5.08. The number of nitrogens with zero attached hydrogens (tertiary/aromatic N) is 2. The molecular formula is C20H16F4N4O4. The zero-order chi connectivity index (χ0) is 23.5. The van der Waals surface area contributed by atoms with Gasteiger partial charge in [-0.2, -0.15) is 0 Å². The van der Waals surface area contributed by atoms with E-state index >= 15 is 0 Å². The van der Waals surface area contributed by atoms with Crippen LogP contribution >= 0.6 is 0 Å². The molecule has 0 bridgehead atoms. The summed E-state index contributed by atoms with van der Waals surface area (Å²) in [5, 5.41) is 12.0. The molecule has 0 spiro atoms. The molecule has 0 aliphatic carbocycles. The van der Waals surface area contributed by atoms with E-state index < -0.39 is 42.0 Å². The molecule has 1 amide bonds. The molecule has 12 heteroatoms. The van der Waals surface area contributed by atoms with E-state index in [4.69, 9.17) is 0 Å². The second kappa shape index (κ2) is 9.14. The van der Waals surface area contributed by atoms with Crippen molar-refractivity contribution in [2.75, 3.05) is 6.61 Å². The first-order valence-electron chi connectivity index (χ1n) is 9.08. The first kappa shape index (κ1) is 22.9. The van der Waals surface area contributed by atoms with Gasteiger partial charge >= 0.3 is 6.36 Å². The molecular weight excluding hydrogens is 436 g/mol. The van der Waals surface area contributed by atoms with Gasteiger partial charge in [-0.3, -0.25) is 9.59 Å². The number of carbonyl (C=O) groups is 1. The molecule has 0 aliphatic rings. The number of rotatable bonds is 6. The number of carbonyl (C=O) groups excluding carboxylic acids is 1. The third-order valence-electron chi connectivity index (χ3n) is 4.18. The maximum Gasteiger partial charge on any atom is 0.573 e. The lowest BCUT2D eigenvalue weighted by Crippen LogP contribution is -2.32. The highest BCUT2D eigenvalue weighted by atomic mass is 19.4. The largest absolute Gasteiger partial charge is 0.573 e. The van der Waals surface area contributed by atoms with Gasteiger partial charge in [0.15, 0.2) is 17.4 Å².